The predicted octanol–water partition coefficient (Wildman–Crippen LogP) is 9.36. The molecule has 1 aliphatic carbocycles. The fourth-order valence-electron chi connectivity index (χ4n) is 6.90. The normalized spacial score (nSPS) is 24.5. The molecule has 1 spiro atoms. The first kappa shape index (κ1) is 35.1. The van der Waals surface area contributed by atoms with Crippen LogP contribution in [0.4, 0.5) is 17.6 Å². The standard InChI is InChI=1S/C35H47F4NO5S/c1-19(2)28-26-27(34(13-15-42-16-14-34)44-30(26)21-11-12-22(23(36)17-21)35(37,38)39)25-24(45-46(9,10)32(4,5)6)18-33(7,8)31(29(25)40-28)43-20(3)41/h11-12,17,19,24,30-31H,13-16,18H2,1-10H3. The molecule has 46 heavy (non-hydrogen) atoms. The molecule has 11 heteroatoms. The van der Waals surface area contributed by atoms with E-state index in [9.17, 15) is 18.0 Å². The minimum absolute atomic E-state index is 0.140. The Morgan fingerprint density at radius 2 is 1.72 bits per heavy atom. The number of fused-ring (bicyclic) bond motifs is 4. The van der Waals surface area contributed by atoms with Crippen LogP contribution in [0.25, 0.3) is 0 Å². The summed E-state index contributed by atoms with van der Waals surface area (Å²) in [5, 5.41) is 0. The molecule has 0 amide bonds. The molecular formula is C35H47F4NO5S. The summed E-state index contributed by atoms with van der Waals surface area (Å²) in [7, 11) is -1.66. The molecule has 1 saturated heterocycles. The second kappa shape index (κ2) is 11.7. The lowest BCUT2D eigenvalue weighted by Crippen LogP contribution is -2.40. The molecule has 1 fully saturated rings. The Balaban J connectivity index is 1.85. The zero-order chi connectivity index (χ0) is 34.2. The molecule has 0 N–H and O–H groups in total. The van der Waals surface area contributed by atoms with E-state index in [0.29, 0.717) is 43.9 Å². The number of halogens is 4. The van der Waals surface area contributed by atoms with Crippen LogP contribution in [0.15, 0.2) is 18.2 Å². The third-order valence-electron chi connectivity index (χ3n) is 9.95. The highest BCUT2D eigenvalue weighted by Gasteiger charge is 2.56. The number of esters is 1. The molecule has 6 nitrogen and oxygen atoms in total. The monoisotopic (exact) mass is 669 g/mol. The van der Waals surface area contributed by atoms with Gasteiger partial charge < -0.3 is 18.4 Å². The summed E-state index contributed by atoms with van der Waals surface area (Å²) in [5.74, 6) is -1.92. The smallest absolute Gasteiger partial charge is 0.419 e. The zero-order valence-electron chi connectivity index (χ0n) is 28.5. The van der Waals surface area contributed by atoms with Crippen molar-refractivity contribution in [3.63, 3.8) is 0 Å². The molecule has 2 aromatic rings. The van der Waals surface area contributed by atoms with Gasteiger partial charge in [0.25, 0.3) is 0 Å². The highest BCUT2D eigenvalue weighted by atomic mass is 32.3. The van der Waals surface area contributed by atoms with Crippen molar-refractivity contribution in [2.45, 2.75) is 115 Å². The minimum Gasteiger partial charge on any atom is -0.455 e. The Kier molecular flexibility index (Phi) is 8.96. The Hall–Kier alpha value is -2.21. The number of carbonyl (C=O) groups excluding carboxylic acids is 1. The molecule has 3 atom stereocenters. The highest BCUT2D eigenvalue weighted by Crippen LogP contribution is 2.64. The topological polar surface area (TPSA) is 66.9 Å². The van der Waals surface area contributed by atoms with Crippen LogP contribution < -0.4 is 0 Å². The minimum atomic E-state index is -4.83. The van der Waals surface area contributed by atoms with E-state index in [4.69, 9.17) is 23.4 Å². The first-order valence-corrected chi connectivity index (χ1v) is 18.3. The van der Waals surface area contributed by atoms with E-state index in [0.717, 1.165) is 28.8 Å². The number of benzene rings is 1. The number of ether oxygens (including phenoxy) is 3. The van der Waals surface area contributed by atoms with Crippen molar-refractivity contribution in [2.24, 2.45) is 5.41 Å². The number of pyridine rings is 1. The maximum absolute atomic E-state index is 15.1. The van der Waals surface area contributed by atoms with Crippen LogP contribution >= 0.6 is 10.3 Å². The van der Waals surface area contributed by atoms with Gasteiger partial charge in [-0.2, -0.15) is 13.2 Å². The first-order chi connectivity index (χ1) is 21.1. The van der Waals surface area contributed by atoms with E-state index in [-0.39, 0.29) is 16.2 Å². The summed E-state index contributed by atoms with van der Waals surface area (Å²) >= 11 is 0. The number of rotatable bonds is 5. The van der Waals surface area contributed by atoms with Crippen molar-refractivity contribution in [3.8, 4) is 0 Å². The lowest BCUT2D eigenvalue weighted by atomic mass is 9.68. The van der Waals surface area contributed by atoms with Gasteiger partial charge in [0, 0.05) is 60.0 Å². The Bertz CT molecular complexity index is 1510. The fraction of sp³-hybridized carbons (Fsp3) is 0.657. The molecule has 5 rings (SSSR count). The molecule has 3 heterocycles. The Morgan fingerprint density at radius 1 is 1.09 bits per heavy atom. The molecule has 0 radical (unpaired) electrons. The van der Waals surface area contributed by atoms with Crippen molar-refractivity contribution in [2.75, 3.05) is 25.7 Å². The van der Waals surface area contributed by atoms with Gasteiger partial charge in [-0.1, -0.05) is 54.5 Å². The van der Waals surface area contributed by atoms with Crippen LogP contribution in [0.5, 0.6) is 0 Å². The predicted molar refractivity (Wildman–Crippen MR) is 170 cm³/mol. The van der Waals surface area contributed by atoms with E-state index in [2.05, 4.69) is 47.1 Å². The third-order valence-corrected chi connectivity index (χ3v) is 13.6. The van der Waals surface area contributed by atoms with Crippen LogP contribution in [0.1, 0.15) is 138 Å². The molecule has 1 aromatic heterocycles. The summed E-state index contributed by atoms with van der Waals surface area (Å²) in [5.41, 5.74) is 1.25. The lowest BCUT2D eigenvalue weighted by Gasteiger charge is -2.50. The SMILES string of the molecule is CC(=O)OC1c2nc(C(C)C)c3c(c2C(OS(C)(C)C(C)(C)C)CC1(C)C)C1(CCOCC1)OC3c1ccc(C(F)(F)F)c(F)c1. The maximum Gasteiger partial charge on any atom is 0.419 e. The molecule has 3 aliphatic rings. The van der Waals surface area contributed by atoms with Gasteiger partial charge in [0.15, 0.2) is 0 Å². The molecule has 3 unspecified atom stereocenters. The van der Waals surface area contributed by atoms with Gasteiger partial charge in [0.1, 0.15) is 18.0 Å². The summed E-state index contributed by atoms with van der Waals surface area (Å²) in [6.07, 6.45) is -1.02. The van der Waals surface area contributed by atoms with E-state index < -0.39 is 63.2 Å². The van der Waals surface area contributed by atoms with Crippen LogP contribution in [-0.4, -0.2) is 41.4 Å². The van der Waals surface area contributed by atoms with Gasteiger partial charge in [-0.25, -0.2) is 4.39 Å². The van der Waals surface area contributed by atoms with E-state index >= 15 is 4.39 Å². The first-order valence-electron chi connectivity index (χ1n) is 15.9. The molecule has 1 aromatic carbocycles. The van der Waals surface area contributed by atoms with Crippen molar-refractivity contribution in [1.29, 1.82) is 0 Å². The summed E-state index contributed by atoms with van der Waals surface area (Å²) < 4.78 is 81.5. The number of hydrogen-bond acceptors (Lipinski definition) is 6. The average molecular weight is 670 g/mol. The van der Waals surface area contributed by atoms with Gasteiger partial charge in [-0.15, -0.1) is 10.3 Å². The van der Waals surface area contributed by atoms with Crippen LogP contribution in [-0.2, 0) is 35.0 Å². The number of carbonyl (C=O) groups is 1. The zero-order valence-corrected chi connectivity index (χ0v) is 29.3. The van der Waals surface area contributed by atoms with Gasteiger partial charge in [-0.05, 0) is 48.1 Å². The van der Waals surface area contributed by atoms with E-state index in [1.807, 2.05) is 13.8 Å². The molecule has 2 aliphatic heterocycles. The number of alkyl halides is 3. The largest absolute Gasteiger partial charge is 0.455 e. The van der Waals surface area contributed by atoms with Crippen LogP contribution in [0, 0.1) is 11.2 Å². The van der Waals surface area contributed by atoms with Crippen molar-refractivity contribution in [1.82, 2.24) is 4.98 Å². The highest BCUT2D eigenvalue weighted by molar-refractivity contribution is 8.29. The van der Waals surface area contributed by atoms with Crippen molar-refractivity contribution in [3.05, 3.63) is 63.2 Å². The van der Waals surface area contributed by atoms with E-state index in [1.54, 1.807) is 0 Å². The van der Waals surface area contributed by atoms with Crippen molar-refractivity contribution >= 4 is 16.3 Å². The summed E-state index contributed by atoms with van der Waals surface area (Å²) in [6, 6.07) is 3.02. The second-order valence-electron chi connectivity index (χ2n) is 15.2. The third kappa shape index (κ3) is 6.10. The molecule has 0 bridgehead atoms. The van der Waals surface area contributed by atoms with Crippen molar-refractivity contribution < 1.29 is 40.7 Å². The van der Waals surface area contributed by atoms with Crippen LogP contribution in [0.2, 0.25) is 0 Å². The van der Waals surface area contributed by atoms with Gasteiger partial charge in [0.2, 0.25) is 0 Å². The van der Waals surface area contributed by atoms with Crippen LogP contribution in [0.3, 0.4) is 0 Å². The number of nitrogens with zero attached hydrogens (tertiary/aromatic N) is 1. The second-order valence-corrected chi connectivity index (χ2v) is 19.1. The van der Waals surface area contributed by atoms with Gasteiger partial charge in [-0.3, -0.25) is 9.78 Å². The lowest BCUT2D eigenvalue weighted by molar-refractivity contribution is -0.156. The maximum atomic E-state index is 15.1. The Labute approximate surface area is 271 Å². The number of hydrogen-bond donors (Lipinski definition) is 0. The molecular weight excluding hydrogens is 622 g/mol. The molecule has 0 saturated carbocycles. The number of aromatic nitrogens is 1. The molecule has 256 valence electrons. The van der Waals surface area contributed by atoms with E-state index in [1.165, 1.54) is 13.0 Å². The van der Waals surface area contributed by atoms with Gasteiger partial charge in [0.05, 0.1) is 23.0 Å². The average Bonchev–Trinajstić information content (AvgIpc) is 3.22. The summed E-state index contributed by atoms with van der Waals surface area (Å²) in [6.45, 7) is 16.8. The quantitative estimate of drug-likeness (QED) is 0.234. The Morgan fingerprint density at radius 3 is 2.24 bits per heavy atom. The fourth-order valence-corrected chi connectivity index (χ4v) is 7.93. The van der Waals surface area contributed by atoms with Gasteiger partial charge >= 0.3 is 12.1 Å². The summed E-state index contributed by atoms with van der Waals surface area (Å²) in [4.78, 5) is 17.8.